The van der Waals surface area contributed by atoms with Gasteiger partial charge in [-0.1, -0.05) is 47.5 Å². The van der Waals surface area contributed by atoms with Gasteiger partial charge in [-0.3, -0.25) is 4.99 Å². The van der Waals surface area contributed by atoms with Crippen LogP contribution in [0.1, 0.15) is 5.56 Å². The highest BCUT2D eigenvalue weighted by Gasteiger charge is 2.15. The molecule has 0 aromatic heterocycles. The van der Waals surface area contributed by atoms with Crippen LogP contribution in [0.3, 0.4) is 0 Å². The second-order valence-corrected chi connectivity index (χ2v) is 6.46. The molecule has 0 bridgehead atoms. The van der Waals surface area contributed by atoms with Crippen LogP contribution in [0, 0.1) is 0 Å². The second-order valence-electron chi connectivity index (χ2n) is 5.61. The van der Waals surface area contributed by atoms with Gasteiger partial charge in [0.15, 0.2) is 0 Å². The van der Waals surface area contributed by atoms with E-state index in [0.717, 1.165) is 16.7 Å². The van der Waals surface area contributed by atoms with E-state index < -0.39 is 0 Å². The third-order valence-electron chi connectivity index (χ3n) is 3.72. The lowest BCUT2D eigenvalue weighted by Gasteiger charge is -2.16. The summed E-state index contributed by atoms with van der Waals surface area (Å²) in [4.78, 5) is 17.5. The molecule has 0 saturated heterocycles. The van der Waals surface area contributed by atoms with Crippen molar-refractivity contribution in [1.29, 1.82) is 0 Å². The van der Waals surface area contributed by atoms with Gasteiger partial charge in [-0.25, -0.2) is 4.79 Å². The molecule has 0 saturated carbocycles. The SMILES string of the molecule is CN=C(CNC(=O)N(C)C)c1cccc(-c2ccc(Cl)cc2Cl)c1N. The van der Waals surface area contributed by atoms with Gasteiger partial charge in [0.05, 0.1) is 12.3 Å². The molecule has 0 aliphatic rings. The fraction of sp³-hybridized carbons (Fsp3) is 0.222. The van der Waals surface area contributed by atoms with E-state index in [9.17, 15) is 4.79 Å². The largest absolute Gasteiger partial charge is 0.398 e. The Morgan fingerprint density at radius 1 is 1.20 bits per heavy atom. The lowest BCUT2D eigenvalue weighted by molar-refractivity contribution is 0.219. The van der Waals surface area contributed by atoms with Crippen LogP contribution >= 0.6 is 23.2 Å². The topological polar surface area (TPSA) is 70.7 Å². The Bertz CT molecular complexity index is 819. The molecule has 0 spiro atoms. The number of nitrogens with zero attached hydrogens (tertiary/aromatic N) is 2. The number of para-hydroxylation sites is 1. The molecule has 0 aliphatic carbocycles. The summed E-state index contributed by atoms with van der Waals surface area (Å²) in [6.45, 7) is 0.273. The van der Waals surface area contributed by atoms with Crippen molar-refractivity contribution in [1.82, 2.24) is 10.2 Å². The molecule has 132 valence electrons. The number of carbonyl (C=O) groups excluding carboxylic acids is 1. The average Bonchev–Trinajstić information content (AvgIpc) is 2.57. The highest BCUT2D eigenvalue weighted by Crippen LogP contribution is 2.35. The lowest BCUT2D eigenvalue weighted by atomic mass is 9.98. The van der Waals surface area contributed by atoms with E-state index in [1.54, 1.807) is 33.3 Å². The first-order chi connectivity index (χ1) is 11.8. The number of anilines is 1. The summed E-state index contributed by atoms with van der Waals surface area (Å²) in [5.74, 6) is 0. The second kappa shape index (κ2) is 8.23. The molecule has 2 amide bonds. The van der Waals surface area contributed by atoms with Crippen molar-refractivity contribution < 1.29 is 4.79 Å². The van der Waals surface area contributed by atoms with Gasteiger partial charge >= 0.3 is 6.03 Å². The summed E-state index contributed by atoms with van der Waals surface area (Å²) >= 11 is 12.3. The molecule has 25 heavy (non-hydrogen) atoms. The van der Waals surface area contributed by atoms with E-state index in [4.69, 9.17) is 28.9 Å². The smallest absolute Gasteiger partial charge is 0.317 e. The zero-order valence-electron chi connectivity index (χ0n) is 14.3. The highest BCUT2D eigenvalue weighted by atomic mass is 35.5. The number of urea groups is 1. The summed E-state index contributed by atoms with van der Waals surface area (Å²) in [6.07, 6.45) is 0. The van der Waals surface area contributed by atoms with Gasteiger partial charge in [-0.05, 0) is 12.1 Å². The molecule has 5 nitrogen and oxygen atoms in total. The van der Waals surface area contributed by atoms with Gasteiger partial charge in [0.25, 0.3) is 0 Å². The number of hydrogen-bond donors (Lipinski definition) is 2. The van der Waals surface area contributed by atoms with E-state index >= 15 is 0 Å². The van der Waals surface area contributed by atoms with Gasteiger partial charge in [-0.2, -0.15) is 0 Å². The van der Waals surface area contributed by atoms with Crippen LogP contribution in [0.5, 0.6) is 0 Å². The Morgan fingerprint density at radius 3 is 2.52 bits per heavy atom. The Kier molecular flexibility index (Phi) is 6.28. The molecule has 2 aromatic rings. The van der Waals surface area contributed by atoms with E-state index in [-0.39, 0.29) is 12.6 Å². The highest BCUT2D eigenvalue weighted by molar-refractivity contribution is 6.36. The van der Waals surface area contributed by atoms with Crippen LogP contribution in [-0.2, 0) is 0 Å². The van der Waals surface area contributed by atoms with Gasteiger partial charge in [0, 0.05) is 53.6 Å². The predicted octanol–water partition coefficient (Wildman–Crippen LogP) is 3.93. The number of aliphatic imine (C=N–C) groups is 1. The van der Waals surface area contributed by atoms with Crippen molar-refractivity contribution in [2.75, 3.05) is 33.4 Å². The first-order valence-corrected chi connectivity index (χ1v) is 8.35. The van der Waals surface area contributed by atoms with Crippen molar-refractivity contribution in [3.8, 4) is 11.1 Å². The van der Waals surface area contributed by atoms with E-state index in [1.165, 1.54) is 4.90 Å². The summed E-state index contributed by atoms with van der Waals surface area (Å²) in [5, 5.41) is 3.88. The van der Waals surface area contributed by atoms with Gasteiger partial charge in [-0.15, -0.1) is 0 Å². The monoisotopic (exact) mass is 378 g/mol. The van der Waals surface area contributed by atoms with E-state index in [0.29, 0.717) is 21.4 Å². The Hall–Kier alpha value is -2.24. The van der Waals surface area contributed by atoms with Gasteiger partial charge in [0.2, 0.25) is 0 Å². The summed E-state index contributed by atoms with van der Waals surface area (Å²) < 4.78 is 0. The molecule has 0 heterocycles. The normalized spacial score (nSPS) is 11.3. The maximum absolute atomic E-state index is 11.7. The van der Waals surface area contributed by atoms with Crippen molar-refractivity contribution >= 4 is 40.6 Å². The number of hydrogen-bond acceptors (Lipinski definition) is 3. The third kappa shape index (κ3) is 4.44. The van der Waals surface area contributed by atoms with Gasteiger partial charge < -0.3 is 16.0 Å². The molecule has 3 N–H and O–H groups in total. The van der Waals surface area contributed by atoms with Gasteiger partial charge in [0.1, 0.15) is 0 Å². The van der Waals surface area contributed by atoms with Crippen molar-refractivity contribution in [2.45, 2.75) is 0 Å². The number of rotatable bonds is 4. The summed E-state index contributed by atoms with van der Waals surface area (Å²) in [6, 6.07) is 10.7. The molecule has 2 aromatic carbocycles. The lowest BCUT2D eigenvalue weighted by Crippen LogP contribution is -2.38. The Labute approximate surface area is 157 Å². The van der Waals surface area contributed by atoms with Crippen LogP contribution in [-0.4, -0.2) is 44.3 Å². The minimum atomic E-state index is -0.198. The molecule has 0 fully saturated rings. The summed E-state index contributed by atoms with van der Waals surface area (Å²) in [7, 11) is 5.02. The zero-order valence-corrected chi connectivity index (χ0v) is 15.8. The Balaban J connectivity index is 2.38. The van der Waals surface area contributed by atoms with Crippen molar-refractivity contribution in [3.63, 3.8) is 0 Å². The van der Waals surface area contributed by atoms with E-state index in [1.807, 2.05) is 24.3 Å². The molecular weight excluding hydrogens is 359 g/mol. The van der Waals surface area contributed by atoms with Crippen LogP contribution in [0.2, 0.25) is 10.0 Å². The zero-order chi connectivity index (χ0) is 18.6. The molecule has 2 rings (SSSR count). The first-order valence-electron chi connectivity index (χ1n) is 7.60. The standard InChI is InChI=1S/C18H20Cl2N4O/c1-22-16(10-23-18(25)24(2)3)14-6-4-5-13(17(14)21)12-8-7-11(19)9-15(12)20/h4-9H,10,21H2,1-3H3,(H,23,25). The number of amides is 2. The molecule has 0 aliphatic heterocycles. The average molecular weight is 379 g/mol. The van der Waals surface area contributed by atoms with Crippen LogP contribution in [0.25, 0.3) is 11.1 Å². The Morgan fingerprint density at radius 2 is 1.92 bits per heavy atom. The van der Waals surface area contributed by atoms with E-state index in [2.05, 4.69) is 10.3 Å². The van der Waals surface area contributed by atoms with Crippen LogP contribution in [0.4, 0.5) is 10.5 Å². The minimum absolute atomic E-state index is 0.198. The first kappa shape index (κ1) is 19.1. The number of nitrogens with one attached hydrogen (secondary N) is 1. The quantitative estimate of drug-likeness (QED) is 0.624. The summed E-state index contributed by atoms with van der Waals surface area (Å²) in [5.41, 5.74) is 9.93. The minimum Gasteiger partial charge on any atom is -0.398 e. The predicted molar refractivity (Wildman–Crippen MR) is 106 cm³/mol. The maximum Gasteiger partial charge on any atom is 0.317 e. The molecule has 0 atom stereocenters. The van der Waals surface area contributed by atoms with Crippen molar-refractivity contribution in [3.05, 3.63) is 52.0 Å². The van der Waals surface area contributed by atoms with Crippen molar-refractivity contribution in [2.24, 2.45) is 4.99 Å². The maximum atomic E-state index is 11.7. The molecular formula is C18H20Cl2N4O. The molecule has 0 unspecified atom stereocenters. The number of nitrogens with two attached hydrogens (primary N) is 1. The fourth-order valence-corrected chi connectivity index (χ4v) is 2.88. The third-order valence-corrected chi connectivity index (χ3v) is 4.27. The fourth-order valence-electron chi connectivity index (χ4n) is 2.37. The van der Waals surface area contributed by atoms with Crippen LogP contribution in [0.15, 0.2) is 41.4 Å². The van der Waals surface area contributed by atoms with Crippen LogP contribution < -0.4 is 11.1 Å². The number of nitrogen functional groups attached to an aromatic ring is 1. The molecule has 0 radical (unpaired) electrons. The molecule has 7 heteroatoms. The number of carbonyl (C=O) groups is 1. The number of halogens is 2. The number of benzene rings is 2.